The number of amides is 1. The van der Waals surface area contributed by atoms with Crippen molar-refractivity contribution in [3.05, 3.63) is 58.6 Å². The van der Waals surface area contributed by atoms with Crippen molar-refractivity contribution in [2.45, 2.75) is 26.8 Å². The molecule has 1 heterocycles. The van der Waals surface area contributed by atoms with Gasteiger partial charge in [-0.05, 0) is 37.6 Å². The molecule has 1 amide bonds. The standard InChI is InChI=1S/C19H20N2O2S/c1-13-7-8-16(14(2)11-13)23-10-9-18(22)20-12-19-21-15-5-3-4-6-17(15)24-19/h3-8,11H,9-10,12H2,1-2H3,(H,20,22). The van der Waals surface area contributed by atoms with Crippen molar-refractivity contribution in [2.24, 2.45) is 0 Å². The predicted octanol–water partition coefficient (Wildman–Crippen LogP) is 4.00. The molecular weight excluding hydrogens is 320 g/mol. The minimum absolute atomic E-state index is 0.0287. The molecule has 5 heteroatoms. The van der Waals surface area contributed by atoms with Crippen molar-refractivity contribution in [3.8, 4) is 5.75 Å². The molecule has 0 aliphatic rings. The molecule has 0 spiro atoms. The summed E-state index contributed by atoms with van der Waals surface area (Å²) in [5.41, 5.74) is 3.27. The molecule has 24 heavy (non-hydrogen) atoms. The number of aromatic nitrogens is 1. The van der Waals surface area contributed by atoms with Crippen LogP contribution < -0.4 is 10.1 Å². The summed E-state index contributed by atoms with van der Waals surface area (Å²) in [5, 5.41) is 3.82. The van der Waals surface area contributed by atoms with Gasteiger partial charge in [-0.1, -0.05) is 29.8 Å². The zero-order valence-electron chi connectivity index (χ0n) is 13.8. The molecule has 2 aromatic carbocycles. The van der Waals surface area contributed by atoms with Gasteiger partial charge in [0.1, 0.15) is 10.8 Å². The van der Waals surface area contributed by atoms with Gasteiger partial charge in [0.2, 0.25) is 5.91 Å². The van der Waals surface area contributed by atoms with Gasteiger partial charge >= 0.3 is 0 Å². The van der Waals surface area contributed by atoms with E-state index in [2.05, 4.69) is 16.4 Å². The minimum Gasteiger partial charge on any atom is -0.493 e. The molecule has 0 aliphatic carbocycles. The summed E-state index contributed by atoms with van der Waals surface area (Å²) in [6.07, 6.45) is 0.332. The van der Waals surface area contributed by atoms with Gasteiger partial charge in [-0.15, -0.1) is 11.3 Å². The van der Waals surface area contributed by atoms with Crippen LogP contribution in [0.2, 0.25) is 0 Å². The number of carbonyl (C=O) groups is 1. The van der Waals surface area contributed by atoms with Gasteiger partial charge in [-0.3, -0.25) is 4.79 Å². The summed E-state index contributed by atoms with van der Waals surface area (Å²) in [6.45, 7) is 4.89. The van der Waals surface area contributed by atoms with Crippen molar-refractivity contribution >= 4 is 27.5 Å². The quantitative estimate of drug-likeness (QED) is 0.738. The van der Waals surface area contributed by atoms with E-state index in [0.29, 0.717) is 19.6 Å². The number of hydrogen-bond donors (Lipinski definition) is 1. The fourth-order valence-electron chi connectivity index (χ4n) is 2.47. The van der Waals surface area contributed by atoms with E-state index in [1.54, 1.807) is 11.3 Å². The number of hydrogen-bond acceptors (Lipinski definition) is 4. The lowest BCUT2D eigenvalue weighted by Gasteiger charge is -2.09. The number of rotatable bonds is 6. The molecule has 0 radical (unpaired) electrons. The van der Waals surface area contributed by atoms with E-state index in [9.17, 15) is 4.79 Å². The van der Waals surface area contributed by atoms with Crippen molar-refractivity contribution in [1.82, 2.24) is 10.3 Å². The van der Waals surface area contributed by atoms with Gasteiger partial charge < -0.3 is 10.1 Å². The Bertz CT molecular complexity index is 824. The summed E-state index contributed by atoms with van der Waals surface area (Å²) >= 11 is 1.61. The lowest BCUT2D eigenvalue weighted by molar-refractivity contribution is -0.121. The predicted molar refractivity (Wildman–Crippen MR) is 97.5 cm³/mol. The highest BCUT2D eigenvalue weighted by Crippen LogP contribution is 2.21. The smallest absolute Gasteiger partial charge is 0.223 e. The van der Waals surface area contributed by atoms with Crippen molar-refractivity contribution < 1.29 is 9.53 Å². The van der Waals surface area contributed by atoms with Crippen LogP contribution in [0.4, 0.5) is 0 Å². The molecule has 3 rings (SSSR count). The number of nitrogens with one attached hydrogen (secondary N) is 1. The number of thiazole rings is 1. The van der Waals surface area contributed by atoms with E-state index in [0.717, 1.165) is 26.5 Å². The van der Waals surface area contributed by atoms with Gasteiger partial charge in [0.25, 0.3) is 0 Å². The Morgan fingerprint density at radius 3 is 2.83 bits per heavy atom. The van der Waals surface area contributed by atoms with Crippen molar-refractivity contribution in [2.75, 3.05) is 6.61 Å². The molecular formula is C19H20N2O2S. The molecule has 0 fully saturated rings. The van der Waals surface area contributed by atoms with E-state index in [1.165, 1.54) is 5.56 Å². The number of nitrogens with zero attached hydrogens (tertiary/aromatic N) is 1. The third-order valence-electron chi connectivity index (χ3n) is 3.69. The third kappa shape index (κ3) is 4.11. The van der Waals surface area contributed by atoms with Crippen LogP contribution in [0, 0.1) is 13.8 Å². The Morgan fingerprint density at radius 1 is 1.21 bits per heavy atom. The first kappa shape index (κ1) is 16.5. The molecule has 1 N–H and O–H groups in total. The van der Waals surface area contributed by atoms with Gasteiger partial charge in [-0.2, -0.15) is 0 Å². The van der Waals surface area contributed by atoms with Gasteiger partial charge in [-0.25, -0.2) is 4.98 Å². The fourth-order valence-corrected chi connectivity index (χ4v) is 3.38. The van der Waals surface area contributed by atoms with Crippen LogP contribution in [0.3, 0.4) is 0 Å². The molecule has 0 atom stereocenters. The molecule has 0 bridgehead atoms. The largest absolute Gasteiger partial charge is 0.493 e. The monoisotopic (exact) mass is 340 g/mol. The van der Waals surface area contributed by atoms with Gasteiger partial charge in [0.05, 0.1) is 29.8 Å². The van der Waals surface area contributed by atoms with E-state index in [-0.39, 0.29) is 5.91 Å². The Morgan fingerprint density at radius 2 is 2.04 bits per heavy atom. The topological polar surface area (TPSA) is 51.2 Å². The molecule has 0 saturated heterocycles. The number of benzene rings is 2. The average Bonchev–Trinajstić information content (AvgIpc) is 2.98. The number of ether oxygens (including phenoxy) is 1. The van der Waals surface area contributed by atoms with Gasteiger partial charge in [0.15, 0.2) is 0 Å². The zero-order chi connectivity index (χ0) is 16.9. The van der Waals surface area contributed by atoms with Crippen molar-refractivity contribution in [3.63, 3.8) is 0 Å². The molecule has 4 nitrogen and oxygen atoms in total. The Balaban J connectivity index is 1.45. The third-order valence-corrected chi connectivity index (χ3v) is 4.73. The number of carbonyl (C=O) groups excluding carboxylic acids is 1. The highest BCUT2D eigenvalue weighted by molar-refractivity contribution is 7.18. The fraction of sp³-hybridized carbons (Fsp3) is 0.263. The molecule has 0 aliphatic heterocycles. The van der Waals surface area contributed by atoms with Crippen LogP contribution in [0.25, 0.3) is 10.2 Å². The van der Waals surface area contributed by atoms with E-state index >= 15 is 0 Å². The second-order valence-corrected chi connectivity index (χ2v) is 6.83. The van der Waals surface area contributed by atoms with Crippen LogP contribution in [0.5, 0.6) is 5.75 Å². The summed E-state index contributed by atoms with van der Waals surface area (Å²) in [6, 6.07) is 14.0. The highest BCUT2D eigenvalue weighted by atomic mass is 32.1. The minimum atomic E-state index is -0.0287. The summed E-state index contributed by atoms with van der Waals surface area (Å²) in [5.74, 6) is 0.804. The van der Waals surface area contributed by atoms with Crippen LogP contribution in [0.1, 0.15) is 22.6 Å². The van der Waals surface area contributed by atoms with E-state index < -0.39 is 0 Å². The van der Waals surface area contributed by atoms with Crippen molar-refractivity contribution in [1.29, 1.82) is 0 Å². The Labute approximate surface area is 145 Å². The average molecular weight is 340 g/mol. The first-order valence-electron chi connectivity index (χ1n) is 7.93. The van der Waals surface area contributed by atoms with Crippen LogP contribution in [-0.2, 0) is 11.3 Å². The Kier molecular flexibility index (Phi) is 5.11. The molecule has 124 valence electrons. The maximum Gasteiger partial charge on any atom is 0.223 e. The normalized spacial score (nSPS) is 10.8. The molecule has 0 saturated carbocycles. The maximum atomic E-state index is 11.9. The lowest BCUT2D eigenvalue weighted by Crippen LogP contribution is -2.24. The number of aryl methyl sites for hydroxylation is 2. The maximum absolute atomic E-state index is 11.9. The van der Waals surface area contributed by atoms with Gasteiger partial charge in [0, 0.05) is 0 Å². The SMILES string of the molecule is Cc1ccc(OCCC(=O)NCc2nc3ccccc3s2)c(C)c1. The van der Waals surface area contributed by atoms with E-state index in [4.69, 9.17) is 4.74 Å². The second kappa shape index (κ2) is 7.45. The first-order chi connectivity index (χ1) is 11.6. The van der Waals surface area contributed by atoms with Crippen LogP contribution >= 0.6 is 11.3 Å². The lowest BCUT2D eigenvalue weighted by atomic mass is 10.1. The highest BCUT2D eigenvalue weighted by Gasteiger charge is 2.07. The molecule has 0 unspecified atom stereocenters. The number of fused-ring (bicyclic) bond motifs is 1. The zero-order valence-corrected chi connectivity index (χ0v) is 14.7. The first-order valence-corrected chi connectivity index (χ1v) is 8.74. The van der Waals surface area contributed by atoms with Crippen LogP contribution in [-0.4, -0.2) is 17.5 Å². The molecule has 1 aromatic heterocycles. The summed E-state index contributed by atoms with van der Waals surface area (Å²) in [4.78, 5) is 16.5. The Hall–Kier alpha value is -2.40. The summed E-state index contributed by atoms with van der Waals surface area (Å²) in [7, 11) is 0. The second-order valence-electron chi connectivity index (χ2n) is 5.72. The van der Waals surface area contributed by atoms with Crippen LogP contribution in [0.15, 0.2) is 42.5 Å². The summed E-state index contributed by atoms with van der Waals surface area (Å²) < 4.78 is 6.83. The van der Waals surface area contributed by atoms with E-state index in [1.807, 2.05) is 50.2 Å². The number of para-hydroxylation sites is 1. The molecule has 3 aromatic rings.